The van der Waals surface area contributed by atoms with Crippen LogP contribution < -0.4 is 16.4 Å². The number of aromatic nitrogens is 1. The molecule has 3 rings (SSSR count). The van der Waals surface area contributed by atoms with Crippen LogP contribution in [0.15, 0.2) is 42.7 Å². The molecule has 144 valence electrons. The molecule has 1 aromatic heterocycles. The van der Waals surface area contributed by atoms with Crippen LogP contribution in [0.2, 0.25) is 0 Å². The van der Waals surface area contributed by atoms with Crippen molar-refractivity contribution in [1.29, 1.82) is 0 Å². The number of primary amides is 1. The zero-order chi connectivity index (χ0) is 19.2. The molecule has 27 heavy (non-hydrogen) atoms. The van der Waals surface area contributed by atoms with Crippen LogP contribution in [0.3, 0.4) is 0 Å². The number of carbonyl (C=O) groups is 2. The van der Waals surface area contributed by atoms with Gasteiger partial charge in [0, 0.05) is 43.4 Å². The Morgan fingerprint density at radius 2 is 2.00 bits per heavy atom. The molecule has 3 amide bonds. The van der Waals surface area contributed by atoms with E-state index in [4.69, 9.17) is 5.73 Å². The van der Waals surface area contributed by atoms with Crippen LogP contribution in [0.5, 0.6) is 0 Å². The highest BCUT2D eigenvalue weighted by Gasteiger charge is 2.23. The maximum absolute atomic E-state index is 12.3. The number of piperidine rings is 1. The quantitative estimate of drug-likeness (QED) is 0.728. The van der Waals surface area contributed by atoms with E-state index >= 15 is 0 Å². The summed E-state index contributed by atoms with van der Waals surface area (Å²) in [6.45, 7) is 4.83. The molecule has 7 nitrogen and oxygen atoms in total. The Morgan fingerprint density at radius 1 is 1.22 bits per heavy atom. The third-order valence-corrected chi connectivity index (χ3v) is 5.06. The van der Waals surface area contributed by atoms with Crippen molar-refractivity contribution in [3.63, 3.8) is 0 Å². The van der Waals surface area contributed by atoms with Gasteiger partial charge in [0.2, 0.25) is 5.91 Å². The fraction of sp³-hybridized carbons (Fsp3) is 0.400. The number of amides is 3. The van der Waals surface area contributed by atoms with Crippen molar-refractivity contribution in [2.45, 2.75) is 19.8 Å². The minimum Gasteiger partial charge on any atom is -0.369 e. The van der Waals surface area contributed by atoms with Crippen LogP contribution >= 0.6 is 0 Å². The van der Waals surface area contributed by atoms with Gasteiger partial charge in [-0.1, -0.05) is 6.07 Å². The number of nitrogens with one attached hydrogen (secondary N) is 2. The van der Waals surface area contributed by atoms with Gasteiger partial charge in [-0.15, -0.1) is 0 Å². The molecule has 1 atom stereocenters. The van der Waals surface area contributed by atoms with E-state index in [-0.39, 0.29) is 17.9 Å². The predicted octanol–water partition coefficient (Wildman–Crippen LogP) is 2.10. The Hall–Kier alpha value is -2.80. The Kier molecular flexibility index (Phi) is 6.13. The van der Waals surface area contributed by atoms with Gasteiger partial charge >= 0.3 is 6.03 Å². The van der Waals surface area contributed by atoms with Crippen molar-refractivity contribution in [3.05, 3.63) is 48.3 Å². The summed E-state index contributed by atoms with van der Waals surface area (Å²) in [5, 5.41) is 5.81. The molecule has 0 aliphatic carbocycles. The largest absolute Gasteiger partial charge is 0.369 e. The summed E-state index contributed by atoms with van der Waals surface area (Å²) in [4.78, 5) is 25.8. The summed E-state index contributed by atoms with van der Waals surface area (Å²) >= 11 is 0. The zero-order valence-electron chi connectivity index (χ0n) is 15.6. The molecular formula is C20H27N5O2. The molecular weight excluding hydrogens is 342 g/mol. The summed E-state index contributed by atoms with van der Waals surface area (Å²) in [6, 6.07) is 9.54. The lowest BCUT2D eigenvalue weighted by Crippen LogP contribution is -2.44. The first-order valence-electron chi connectivity index (χ1n) is 9.34. The monoisotopic (exact) mass is 369 g/mol. The molecule has 0 spiro atoms. The van der Waals surface area contributed by atoms with E-state index in [2.05, 4.69) is 15.5 Å². The van der Waals surface area contributed by atoms with Crippen LogP contribution in [0.1, 0.15) is 18.4 Å². The molecule has 2 aromatic rings. The molecule has 0 radical (unpaired) electrons. The van der Waals surface area contributed by atoms with E-state index < -0.39 is 0 Å². The van der Waals surface area contributed by atoms with E-state index in [0.717, 1.165) is 36.3 Å². The second-order valence-corrected chi connectivity index (χ2v) is 6.96. The summed E-state index contributed by atoms with van der Waals surface area (Å²) in [7, 11) is 0. The molecule has 4 N–H and O–H groups in total. The van der Waals surface area contributed by atoms with Gasteiger partial charge < -0.3 is 25.8 Å². The maximum atomic E-state index is 12.3. The molecule has 0 saturated carbocycles. The summed E-state index contributed by atoms with van der Waals surface area (Å²) in [6.07, 6.45) is 5.77. The lowest BCUT2D eigenvalue weighted by molar-refractivity contribution is -0.123. The second kappa shape index (κ2) is 8.73. The molecule has 1 fully saturated rings. The smallest absolute Gasteiger partial charge is 0.319 e. The average Bonchev–Trinajstić information content (AvgIpc) is 3.18. The molecule has 1 aromatic carbocycles. The van der Waals surface area contributed by atoms with Gasteiger partial charge in [0.1, 0.15) is 0 Å². The highest BCUT2D eigenvalue weighted by atomic mass is 16.2. The molecule has 1 aliphatic rings. The van der Waals surface area contributed by atoms with Gasteiger partial charge in [0.15, 0.2) is 0 Å². The Morgan fingerprint density at radius 3 is 2.74 bits per heavy atom. The van der Waals surface area contributed by atoms with E-state index in [0.29, 0.717) is 19.6 Å². The molecule has 0 bridgehead atoms. The van der Waals surface area contributed by atoms with E-state index in [1.54, 1.807) is 0 Å². The normalized spacial score (nSPS) is 17.4. The zero-order valence-corrected chi connectivity index (χ0v) is 15.6. The van der Waals surface area contributed by atoms with Crippen LogP contribution in [0.4, 0.5) is 10.5 Å². The molecule has 0 unspecified atom stereocenters. The number of nitrogens with zero attached hydrogens (tertiary/aromatic N) is 2. The van der Waals surface area contributed by atoms with Crippen molar-refractivity contribution in [1.82, 2.24) is 14.8 Å². The van der Waals surface area contributed by atoms with Crippen LogP contribution in [0, 0.1) is 12.8 Å². The first-order valence-corrected chi connectivity index (χ1v) is 9.34. The highest BCUT2D eigenvalue weighted by Crippen LogP contribution is 2.22. The third-order valence-electron chi connectivity index (χ3n) is 5.06. The number of rotatable bonds is 6. The third kappa shape index (κ3) is 4.89. The van der Waals surface area contributed by atoms with Crippen molar-refractivity contribution < 1.29 is 9.59 Å². The number of anilines is 1. The van der Waals surface area contributed by atoms with Gasteiger partial charge in [-0.3, -0.25) is 4.79 Å². The molecule has 2 heterocycles. The van der Waals surface area contributed by atoms with Crippen molar-refractivity contribution >= 4 is 17.6 Å². The van der Waals surface area contributed by atoms with Gasteiger partial charge in [-0.2, -0.15) is 0 Å². The number of hydrogen-bond donors (Lipinski definition) is 3. The second-order valence-electron chi connectivity index (χ2n) is 6.96. The summed E-state index contributed by atoms with van der Waals surface area (Å²) < 4.78 is 2.02. The van der Waals surface area contributed by atoms with Gasteiger partial charge in [-0.25, -0.2) is 4.79 Å². The SMILES string of the molecule is Cc1c(NC(=O)NCCN2CCC[C@H](C(N)=O)C2)cccc1-n1cccc1. The number of hydrogen-bond acceptors (Lipinski definition) is 3. The Labute approximate surface area is 159 Å². The van der Waals surface area contributed by atoms with Gasteiger partial charge in [-0.05, 0) is 56.1 Å². The molecule has 7 heteroatoms. The van der Waals surface area contributed by atoms with Crippen molar-refractivity contribution in [2.24, 2.45) is 11.7 Å². The topological polar surface area (TPSA) is 92.4 Å². The fourth-order valence-electron chi connectivity index (χ4n) is 3.52. The minimum absolute atomic E-state index is 0.0772. The lowest BCUT2D eigenvalue weighted by atomic mass is 9.97. The van der Waals surface area contributed by atoms with Crippen molar-refractivity contribution in [3.8, 4) is 5.69 Å². The minimum atomic E-state index is -0.233. The Balaban J connectivity index is 1.50. The maximum Gasteiger partial charge on any atom is 0.319 e. The standard InChI is InChI=1S/C20H27N5O2/c1-15-17(7-4-8-18(15)25-11-2-3-12-25)23-20(27)22-9-13-24-10-5-6-16(14-24)19(21)26/h2-4,7-8,11-12,16H,5-6,9-10,13-14H2,1H3,(H2,21,26)(H2,22,23,27)/t16-/m0/s1. The molecule has 1 aliphatic heterocycles. The van der Waals surface area contributed by atoms with E-state index in [1.807, 2.05) is 54.2 Å². The lowest BCUT2D eigenvalue weighted by Gasteiger charge is -2.31. The summed E-state index contributed by atoms with van der Waals surface area (Å²) in [5.41, 5.74) is 8.22. The van der Waals surface area contributed by atoms with Gasteiger partial charge in [0.05, 0.1) is 5.92 Å². The number of carbonyl (C=O) groups excluding carboxylic acids is 2. The van der Waals surface area contributed by atoms with E-state index in [1.165, 1.54) is 0 Å². The number of nitrogens with two attached hydrogens (primary N) is 1. The predicted molar refractivity (Wildman–Crippen MR) is 106 cm³/mol. The summed E-state index contributed by atoms with van der Waals surface area (Å²) in [5.74, 6) is -0.310. The molecule has 1 saturated heterocycles. The van der Waals surface area contributed by atoms with Gasteiger partial charge in [0.25, 0.3) is 0 Å². The fourth-order valence-corrected chi connectivity index (χ4v) is 3.52. The Bertz CT molecular complexity index is 788. The first kappa shape index (κ1) is 19.0. The number of likely N-dealkylation sites (tertiary alicyclic amines) is 1. The highest BCUT2D eigenvalue weighted by molar-refractivity contribution is 5.90. The average molecular weight is 369 g/mol. The van der Waals surface area contributed by atoms with Crippen LogP contribution in [-0.2, 0) is 4.79 Å². The van der Waals surface area contributed by atoms with Crippen LogP contribution in [0.25, 0.3) is 5.69 Å². The first-order chi connectivity index (χ1) is 13.0. The number of benzene rings is 1. The number of urea groups is 1. The van der Waals surface area contributed by atoms with E-state index in [9.17, 15) is 9.59 Å². The van der Waals surface area contributed by atoms with Crippen LogP contribution in [-0.4, -0.2) is 47.6 Å². The van der Waals surface area contributed by atoms with Crippen molar-refractivity contribution in [2.75, 3.05) is 31.5 Å².